The van der Waals surface area contributed by atoms with Gasteiger partial charge in [0.2, 0.25) is 0 Å². The highest BCUT2D eigenvalue weighted by Gasteiger charge is 2.14. The molecular formula is C30H39BrO6S2. The number of aliphatic hydroxyl groups excluding tert-OH is 2. The van der Waals surface area contributed by atoms with Crippen molar-refractivity contribution in [3.05, 3.63) is 92.5 Å². The minimum Gasteiger partial charge on any atom is -0.396 e. The molecule has 3 aromatic carbocycles. The van der Waals surface area contributed by atoms with Crippen molar-refractivity contribution < 1.29 is 29.2 Å². The summed E-state index contributed by atoms with van der Waals surface area (Å²) in [5, 5.41) is 18.8. The molecule has 0 aliphatic heterocycles. The standard InChI is InChI=1S/C20H26O4S2.C10H13BrO2/c1-23-13-17-7-4-8-18(14-24-2)20(17)26-25-19-15(9-11-21)5-3-6-16(19)10-12-22;1-12-6-8-4-3-5-9(7-13-2)10(8)11/h3-8,21-22H,9-14H2,1-2H3;3-5H,6-7H2,1-2H3. The van der Waals surface area contributed by atoms with Gasteiger partial charge in [0.1, 0.15) is 0 Å². The molecule has 0 saturated heterocycles. The number of aliphatic hydroxyl groups is 2. The molecule has 3 rings (SSSR count). The monoisotopic (exact) mass is 638 g/mol. The van der Waals surface area contributed by atoms with E-state index in [0.717, 1.165) is 47.6 Å². The summed E-state index contributed by atoms with van der Waals surface area (Å²) in [5.41, 5.74) is 6.77. The van der Waals surface area contributed by atoms with E-state index in [0.29, 0.717) is 39.3 Å². The smallest absolute Gasteiger partial charge is 0.0724 e. The third kappa shape index (κ3) is 10.8. The third-order valence-corrected chi connectivity index (χ3v) is 9.42. The summed E-state index contributed by atoms with van der Waals surface area (Å²) in [6.45, 7) is 2.55. The maximum absolute atomic E-state index is 9.38. The Balaban J connectivity index is 0.000000344. The molecule has 2 N–H and O–H groups in total. The summed E-state index contributed by atoms with van der Waals surface area (Å²) < 4.78 is 21.9. The van der Waals surface area contributed by atoms with Crippen molar-refractivity contribution in [2.24, 2.45) is 0 Å². The van der Waals surface area contributed by atoms with Crippen molar-refractivity contribution in [3.63, 3.8) is 0 Å². The second kappa shape index (κ2) is 19.6. The lowest BCUT2D eigenvalue weighted by molar-refractivity contribution is 0.176. The van der Waals surface area contributed by atoms with Gasteiger partial charge < -0.3 is 29.2 Å². The molecule has 0 bridgehead atoms. The number of rotatable bonds is 15. The fraction of sp³-hybridized carbons (Fsp3) is 0.400. The number of halogens is 1. The van der Waals surface area contributed by atoms with Crippen molar-refractivity contribution in [1.82, 2.24) is 0 Å². The Morgan fingerprint density at radius 2 is 0.846 bits per heavy atom. The zero-order valence-corrected chi connectivity index (χ0v) is 26.3. The first-order valence-corrected chi connectivity index (χ1v) is 15.5. The number of methoxy groups -OCH3 is 4. The summed E-state index contributed by atoms with van der Waals surface area (Å²) >= 11 is 3.52. The van der Waals surface area contributed by atoms with Crippen LogP contribution in [0.5, 0.6) is 0 Å². The van der Waals surface area contributed by atoms with Gasteiger partial charge in [-0.25, -0.2) is 0 Å². The Morgan fingerprint density at radius 3 is 1.21 bits per heavy atom. The van der Waals surface area contributed by atoms with Crippen LogP contribution in [0.15, 0.2) is 68.9 Å². The van der Waals surface area contributed by atoms with E-state index in [4.69, 9.17) is 18.9 Å². The molecule has 0 amide bonds. The molecule has 0 atom stereocenters. The Hall–Kier alpha value is -1.40. The zero-order chi connectivity index (χ0) is 28.5. The number of ether oxygens (including phenoxy) is 4. The van der Waals surface area contributed by atoms with Crippen LogP contribution in [0.2, 0.25) is 0 Å². The first-order chi connectivity index (χ1) is 19.0. The van der Waals surface area contributed by atoms with Crippen LogP contribution < -0.4 is 0 Å². The zero-order valence-electron chi connectivity index (χ0n) is 23.1. The van der Waals surface area contributed by atoms with Crippen LogP contribution in [0.1, 0.15) is 33.4 Å². The quantitative estimate of drug-likeness (QED) is 0.181. The highest BCUT2D eigenvalue weighted by atomic mass is 79.9. The summed E-state index contributed by atoms with van der Waals surface area (Å²) in [7, 11) is 10.1. The van der Waals surface area contributed by atoms with Crippen molar-refractivity contribution in [3.8, 4) is 0 Å². The molecular weight excluding hydrogens is 600 g/mol. The summed E-state index contributed by atoms with van der Waals surface area (Å²) in [6, 6.07) is 18.3. The molecule has 0 radical (unpaired) electrons. The van der Waals surface area contributed by atoms with Crippen molar-refractivity contribution >= 4 is 37.5 Å². The average Bonchev–Trinajstić information content (AvgIpc) is 2.93. The van der Waals surface area contributed by atoms with E-state index in [9.17, 15) is 10.2 Å². The van der Waals surface area contributed by atoms with E-state index in [1.807, 2.05) is 42.5 Å². The van der Waals surface area contributed by atoms with Crippen molar-refractivity contribution in [2.45, 2.75) is 49.1 Å². The second-order valence-electron chi connectivity index (χ2n) is 8.55. The van der Waals surface area contributed by atoms with Gasteiger partial charge in [0.15, 0.2) is 0 Å². The molecule has 0 fully saturated rings. The highest BCUT2D eigenvalue weighted by molar-refractivity contribution is 9.10. The average molecular weight is 640 g/mol. The minimum absolute atomic E-state index is 0.107. The molecule has 0 unspecified atom stereocenters. The van der Waals surface area contributed by atoms with Gasteiger partial charge in [-0.05, 0) is 46.2 Å². The Labute approximate surface area is 248 Å². The van der Waals surface area contributed by atoms with E-state index in [1.54, 1.807) is 50.0 Å². The lowest BCUT2D eigenvalue weighted by atomic mass is 10.1. The summed E-state index contributed by atoms with van der Waals surface area (Å²) in [5.74, 6) is 0. The molecule has 0 heterocycles. The normalized spacial score (nSPS) is 10.8. The fourth-order valence-electron chi connectivity index (χ4n) is 3.91. The van der Waals surface area contributed by atoms with Gasteiger partial charge in [-0.2, -0.15) is 0 Å². The van der Waals surface area contributed by atoms with Gasteiger partial charge in [0.05, 0.1) is 26.4 Å². The van der Waals surface area contributed by atoms with Crippen molar-refractivity contribution in [1.29, 1.82) is 0 Å². The van der Waals surface area contributed by atoms with E-state index in [-0.39, 0.29) is 13.2 Å². The lowest BCUT2D eigenvalue weighted by Gasteiger charge is -2.16. The van der Waals surface area contributed by atoms with E-state index in [1.165, 1.54) is 0 Å². The van der Waals surface area contributed by atoms with Crippen LogP contribution >= 0.6 is 37.5 Å². The molecule has 0 aliphatic carbocycles. The maximum atomic E-state index is 9.38. The van der Waals surface area contributed by atoms with Crippen LogP contribution in [-0.4, -0.2) is 51.9 Å². The SMILES string of the molecule is COCc1cccc(COC)c1Br.COCc1cccc(COC)c1SSc1c(CCO)cccc1CCO. The van der Waals surface area contributed by atoms with Crippen LogP contribution in [0.4, 0.5) is 0 Å². The molecule has 0 aromatic heterocycles. The molecule has 39 heavy (non-hydrogen) atoms. The number of benzene rings is 3. The maximum Gasteiger partial charge on any atom is 0.0724 e. The molecule has 0 saturated carbocycles. The predicted molar refractivity (Wildman–Crippen MR) is 163 cm³/mol. The molecule has 0 spiro atoms. The first kappa shape index (κ1) is 33.8. The van der Waals surface area contributed by atoms with Gasteiger partial charge in [-0.1, -0.05) is 92.1 Å². The van der Waals surface area contributed by atoms with E-state index in [2.05, 4.69) is 28.1 Å². The summed E-state index contributed by atoms with van der Waals surface area (Å²) in [4.78, 5) is 2.27. The number of hydrogen-bond donors (Lipinski definition) is 2. The minimum atomic E-state index is 0.107. The highest BCUT2D eigenvalue weighted by Crippen LogP contribution is 2.44. The molecule has 214 valence electrons. The molecule has 6 nitrogen and oxygen atoms in total. The van der Waals surface area contributed by atoms with Gasteiger partial charge in [0, 0.05) is 55.9 Å². The van der Waals surface area contributed by atoms with Crippen LogP contribution in [0.3, 0.4) is 0 Å². The topological polar surface area (TPSA) is 77.4 Å². The van der Waals surface area contributed by atoms with Gasteiger partial charge in [-0.15, -0.1) is 0 Å². The second-order valence-corrected chi connectivity index (χ2v) is 11.5. The molecule has 0 aliphatic rings. The Morgan fingerprint density at radius 1 is 0.538 bits per heavy atom. The van der Waals surface area contributed by atoms with Crippen LogP contribution in [0, 0.1) is 0 Å². The van der Waals surface area contributed by atoms with Crippen LogP contribution in [-0.2, 0) is 58.2 Å². The third-order valence-electron chi connectivity index (χ3n) is 5.68. The lowest BCUT2D eigenvalue weighted by Crippen LogP contribution is -2.00. The fourth-order valence-corrected chi connectivity index (χ4v) is 7.38. The van der Waals surface area contributed by atoms with E-state index < -0.39 is 0 Å². The molecule has 9 heteroatoms. The molecule has 3 aromatic rings. The Bertz CT molecular complexity index is 996. The van der Waals surface area contributed by atoms with Crippen LogP contribution in [0.25, 0.3) is 0 Å². The largest absolute Gasteiger partial charge is 0.396 e. The van der Waals surface area contributed by atoms with Crippen molar-refractivity contribution in [2.75, 3.05) is 41.7 Å². The van der Waals surface area contributed by atoms with Gasteiger partial charge in [0.25, 0.3) is 0 Å². The predicted octanol–water partition coefficient (Wildman–Crippen LogP) is 6.59. The first-order valence-electron chi connectivity index (χ1n) is 12.5. The van der Waals surface area contributed by atoms with Gasteiger partial charge >= 0.3 is 0 Å². The number of hydrogen-bond acceptors (Lipinski definition) is 8. The van der Waals surface area contributed by atoms with E-state index >= 15 is 0 Å². The Kier molecular flexibility index (Phi) is 17.0. The summed E-state index contributed by atoms with van der Waals surface area (Å²) in [6.07, 6.45) is 1.21. The van der Waals surface area contributed by atoms with Gasteiger partial charge in [-0.3, -0.25) is 0 Å².